The molecule has 0 amide bonds. The summed E-state index contributed by atoms with van der Waals surface area (Å²) >= 11 is 0. The first-order chi connectivity index (χ1) is 8.88. The Hall–Kier alpha value is -1.00. The summed E-state index contributed by atoms with van der Waals surface area (Å²) in [6.45, 7) is 6.83. The van der Waals surface area contributed by atoms with Crippen LogP contribution >= 0.6 is 0 Å². The highest BCUT2D eigenvalue weighted by molar-refractivity contribution is 5.27. The summed E-state index contributed by atoms with van der Waals surface area (Å²) in [5.41, 5.74) is 6.75. The third-order valence-electron chi connectivity index (χ3n) is 3.87. The standard InChI is InChI=1S/C15H24F2N2/c1-10(2)11(3)19(4)14(9-18)12-6-5-7-13(8-12)15(16)17/h5-8,10-11,14-15H,9,18H2,1-4H3. The minimum absolute atomic E-state index is 0.0314. The lowest BCUT2D eigenvalue weighted by Gasteiger charge is -2.35. The summed E-state index contributed by atoms with van der Waals surface area (Å²) in [5, 5.41) is 0. The van der Waals surface area contributed by atoms with Crippen molar-refractivity contribution in [1.82, 2.24) is 4.90 Å². The fourth-order valence-electron chi connectivity index (χ4n) is 2.19. The zero-order valence-corrected chi connectivity index (χ0v) is 12.1. The smallest absolute Gasteiger partial charge is 0.263 e. The molecule has 0 bridgehead atoms. The first kappa shape index (κ1) is 16.1. The molecule has 1 aromatic rings. The molecule has 2 atom stereocenters. The number of alkyl halides is 2. The Kier molecular flexibility index (Phi) is 5.88. The minimum atomic E-state index is -2.44. The van der Waals surface area contributed by atoms with Gasteiger partial charge in [-0.2, -0.15) is 0 Å². The van der Waals surface area contributed by atoms with E-state index >= 15 is 0 Å². The summed E-state index contributed by atoms with van der Waals surface area (Å²) < 4.78 is 25.5. The highest BCUT2D eigenvalue weighted by atomic mass is 19.3. The Bertz CT molecular complexity index is 393. The van der Waals surface area contributed by atoms with Gasteiger partial charge in [0.1, 0.15) is 0 Å². The average molecular weight is 270 g/mol. The number of nitrogens with two attached hydrogens (primary N) is 1. The maximum atomic E-state index is 12.8. The van der Waals surface area contributed by atoms with E-state index in [1.807, 2.05) is 13.1 Å². The lowest BCUT2D eigenvalue weighted by atomic mass is 9.98. The van der Waals surface area contributed by atoms with Gasteiger partial charge in [0, 0.05) is 24.2 Å². The first-order valence-electron chi connectivity index (χ1n) is 6.68. The zero-order chi connectivity index (χ0) is 14.6. The molecule has 0 aliphatic heterocycles. The summed E-state index contributed by atoms with van der Waals surface area (Å²) in [5.74, 6) is 0.484. The van der Waals surface area contributed by atoms with Crippen LogP contribution in [0.5, 0.6) is 0 Å². The van der Waals surface area contributed by atoms with Crippen LogP contribution in [0.2, 0.25) is 0 Å². The number of likely N-dealkylation sites (N-methyl/N-ethyl adjacent to an activating group) is 1. The third kappa shape index (κ3) is 3.98. The van der Waals surface area contributed by atoms with E-state index in [-0.39, 0.29) is 11.6 Å². The van der Waals surface area contributed by atoms with Gasteiger partial charge < -0.3 is 5.73 Å². The van der Waals surface area contributed by atoms with Gasteiger partial charge in [-0.15, -0.1) is 0 Å². The maximum Gasteiger partial charge on any atom is 0.263 e. The molecule has 4 heteroatoms. The van der Waals surface area contributed by atoms with Gasteiger partial charge in [-0.1, -0.05) is 32.0 Å². The van der Waals surface area contributed by atoms with Gasteiger partial charge >= 0.3 is 0 Å². The molecular weight excluding hydrogens is 246 g/mol. The summed E-state index contributed by atoms with van der Waals surface area (Å²) in [6.07, 6.45) is -2.44. The van der Waals surface area contributed by atoms with Crippen LogP contribution in [0.25, 0.3) is 0 Å². The molecule has 108 valence electrons. The number of nitrogens with zero attached hydrogens (tertiary/aromatic N) is 1. The quantitative estimate of drug-likeness (QED) is 0.855. The Morgan fingerprint density at radius 3 is 2.21 bits per heavy atom. The highest BCUT2D eigenvalue weighted by Crippen LogP contribution is 2.27. The van der Waals surface area contributed by atoms with E-state index in [9.17, 15) is 8.78 Å². The molecule has 1 rings (SSSR count). The molecule has 1 aromatic carbocycles. The van der Waals surface area contributed by atoms with Gasteiger partial charge in [0.05, 0.1) is 0 Å². The summed E-state index contributed by atoms with van der Waals surface area (Å²) in [7, 11) is 2.00. The fourth-order valence-corrected chi connectivity index (χ4v) is 2.19. The van der Waals surface area contributed by atoms with Crippen LogP contribution in [0.4, 0.5) is 8.78 Å². The normalized spacial score (nSPS) is 15.3. The molecule has 2 unspecified atom stereocenters. The largest absolute Gasteiger partial charge is 0.329 e. The van der Waals surface area contributed by atoms with Crippen molar-refractivity contribution in [3.63, 3.8) is 0 Å². The van der Waals surface area contributed by atoms with E-state index < -0.39 is 6.43 Å². The Morgan fingerprint density at radius 1 is 1.16 bits per heavy atom. The minimum Gasteiger partial charge on any atom is -0.329 e. The maximum absolute atomic E-state index is 12.8. The van der Waals surface area contributed by atoms with Crippen LogP contribution in [-0.2, 0) is 0 Å². The van der Waals surface area contributed by atoms with Gasteiger partial charge in [-0.3, -0.25) is 4.90 Å². The van der Waals surface area contributed by atoms with Crippen LogP contribution in [0, 0.1) is 5.92 Å². The molecule has 0 aliphatic carbocycles. The zero-order valence-electron chi connectivity index (χ0n) is 12.1. The third-order valence-corrected chi connectivity index (χ3v) is 3.87. The van der Waals surface area contributed by atoms with E-state index in [2.05, 4.69) is 25.7 Å². The van der Waals surface area contributed by atoms with Crippen LogP contribution in [0.15, 0.2) is 24.3 Å². The van der Waals surface area contributed by atoms with Gasteiger partial charge in [0.15, 0.2) is 0 Å². The molecule has 2 N–H and O–H groups in total. The van der Waals surface area contributed by atoms with Crippen molar-refractivity contribution in [2.75, 3.05) is 13.6 Å². The molecule has 2 nitrogen and oxygen atoms in total. The van der Waals surface area contributed by atoms with Crippen molar-refractivity contribution in [3.05, 3.63) is 35.4 Å². The predicted octanol–water partition coefficient (Wildman–Crippen LogP) is 3.60. The molecular formula is C15H24F2N2. The molecule has 0 aromatic heterocycles. The summed E-state index contributed by atoms with van der Waals surface area (Å²) in [6, 6.07) is 6.86. The molecule has 0 radical (unpaired) electrons. The average Bonchev–Trinajstić information content (AvgIpc) is 2.38. The number of rotatable bonds is 6. The van der Waals surface area contributed by atoms with Crippen LogP contribution in [-0.4, -0.2) is 24.5 Å². The second-order valence-electron chi connectivity index (χ2n) is 5.37. The lowest BCUT2D eigenvalue weighted by Crippen LogP contribution is -2.39. The first-order valence-corrected chi connectivity index (χ1v) is 6.68. The Morgan fingerprint density at radius 2 is 1.74 bits per heavy atom. The molecule has 19 heavy (non-hydrogen) atoms. The second-order valence-corrected chi connectivity index (χ2v) is 5.37. The van der Waals surface area contributed by atoms with Crippen LogP contribution in [0.1, 0.15) is 44.4 Å². The topological polar surface area (TPSA) is 29.3 Å². The van der Waals surface area contributed by atoms with E-state index in [1.165, 1.54) is 6.07 Å². The van der Waals surface area contributed by atoms with Gasteiger partial charge in [0.2, 0.25) is 0 Å². The Labute approximate surface area is 114 Å². The number of benzene rings is 1. The SMILES string of the molecule is CC(C)C(C)N(C)C(CN)c1cccc(C(F)F)c1. The van der Waals surface area contributed by atoms with Crippen LogP contribution in [0.3, 0.4) is 0 Å². The van der Waals surface area contributed by atoms with Crippen molar-refractivity contribution in [1.29, 1.82) is 0 Å². The predicted molar refractivity (Wildman–Crippen MR) is 75.3 cm³/mol. The van der Waals surface area contributed by atoms with Gasteiger partial charge in [0.25, 0.3) is 6.43 Å². The van der Waals surface area contributed by atoms with E-state index in [4.69, 9.17) is 5.73 Å². The van der Waals surface area contributed by atoms with E-state index in [1.54, 1.807) is 12.1 Å². The molecule has 0 aliphatic rings. The summed E-state index contributed by atoms with van der Waals surface area (Å²) in [4.78, 5) is 2.16. The lowest BCUT2D eigenvalue weighted by molar-refractivity contribution is 0.146. The van der Waals surface area contributed by atoms with Crippen molar-refractivity contribution in [3.8, 4) is 0 Å². The molecule has 0 spiro atoms. The van der Waals surface area contributed by atoms with Crippen molar-refractivity contribution in [2.45, 2.75) is 39.3 Å². The van der Waals surface area contributed by atoms with E-state index in [0.717, 1.165) is 5.56 Å². The van der Waals surface area contributed by atoms with E-state index in [0.29, 0.717) is 18.5 Å². The van der Waals surface area contributed by atoms with Crippen molar-refractivity contribution < 1.29 is 8.78 Å². The molecule has 0 saturated heterocycles. The Balaban J connectivity index is 2.99. The molecule has 0 fully saturated rings. The monoisotopic (exact) mass is 270 g/mol. The van der Waals surface area contributed by atoms with Gasteiger partial charge in [-0.25, -0.2) is 8.78 Å². The molecule has 0 heterocycles. The second kappa shape index (κ2) is 6.96. The number of hydrogen-bond donors (Lipinski definition) is 1. The molecule has 0 saturated carbocycles. The highest BCUT2D eigenvalue weighted by Gasteiger charge is 2.23. The van der Waals surface area contributed by atoms with Crippen molar-refractivity contribution >= 4 is 0 Å². The van der Waals surface area contributed by atoms with Gasteiger partial charge in [-0.05, 0) is 31.5 Å². The number of hydrogen-bond acceptors (Lipinski definition) is 2. The van der Waals surface area contributed by atoms with Crippen LogP contribution < -0.4 is 5.73 Å². The number of halogens is 2. The fraction of sp³-hybridized carbons (Fsp3) is 0.600. The van der Waals surface area contributed by atoms with Crippen molar-refractivity contribution in [2.24, 2.45) is 11.7 Å².